The topological polar surface area (TPSA) is 89.3 Å². The number of aromatic nitrogens is 5. The van der Waals surface area contributed by atoms with Gasteiger partial charge in [-0.05, 0) is 35.4 Å². The molecule has 1 unspecified atom stereocenters. The molecule has 1 amide bonds. The fourth-order valence-corrected chi connectivity index (χ4v) is 5.28. The van der Waals surface area contributed by atoms with Crippen LogP contribution in [0.3, 0.4) is 0 Å². The van der Waals surface area contributed by atoms with Crippen LogP contribution in [0.15, 0.2) is 24.3 Å². The van der Waals surface area contributed by atoms with Crippen molar-refractivity contribution in [2.24, 2.45) is 0 Å². The molecule has 3 aromatic rings. The molecule has 10 heteroatoms. The van der Waals surface area contributed by atoms with Crippen LogP contribution >= 0.6 is 11.3 Å². The van der Waals surface area contributed by atoms with Gasteiger partial charge < -0.3 is 9.64 Å². The van der Waals surface area contributed by atoms with E-state index in [1.807, 2.05) is 23.1 Å². The van der Waals surface area contributed by atoms with Gasteiger partial charge in [-0.3, -0.25) is 9.69 Å². The molecule has 30 heavy (non-hydrogen) atoms. The minimum atomic E-state index is 0.0802. The number of hydrogen-bond donors (Lipinski definition) is 0. The largest absolute Gasteiger partial charge is 0.379 e. The number of carbonyl (C=O) groups is 1. The number of para-hydroxylation sites is 1. The molecule has 0 spiro atoms. The van der Waals surface area contributed by atoms with Gasteiger partial charge in [0.25, 0.3) is 0 Å². The number of morpholine rings is 1. The van der Waals surface area contributed by atoms with Crippen LogP contribution in [-0.2, 0) is 22.6 Å². The van der Waals surface area contributed by atoms with Crippen LogP contribution in [0.4, 0.5) is 0 Å². The maximum Gasteiger partial charge on any atom is 0.225 e. The van der Waals surface area contributed by atoms with Crippen molar-refractivity contribution in [2.45, 2.75) is 38.4 Å². The van der Waals surface area contributed by atoms with E-state index in [1.54, 1.807) is 16.0 Å². The number of hydrogen-bond acceptors (Lipinski definition) is 8. The summed E-state index contributed by atoms with van der Waals surface area (Å²) in [7, 11) is 0. The first-order valence-corrected chi connectivity index (χ1v) is 11.3. The van der Waals surface area contributed by atoms with Crippen LogP contribution in [0.5, 0.6) is 0 Å². The number of likely N-dealkylation sites (tertiary alicyclic amines) is 1. The third kappa shape index (κ3) is 4.07. The zero-order valence-electron chi connectivity index (χ0n) is 16.8. The van der Waals surface area contributed by atoms with Crippen LogP contribution in [0, 0.1) is 0 Å². The number of carbonyl (C=O) groups excluding carboxylic acids is 1. The lowest BCUT2D eigenvalue weighted by molar-refractivity contribution is -0.132. The summed E-state index contributed by atoms with van der Waals surface area (Å²) in [5.74, 6) is 0.943. The average molecular weight is 428 g/mol. The molecule has 2 aliphatic rings. The number of amides is 1. The summed E-state index contributed by atoms with van der Waals surface area (Å²) >= 11 is 1.70. The number of benzene rings is 1. The van der Waals surface area contributed by atoms with E-state index in [4.69, 9.17) is 9.72 Å². The van der Waals surface area contributed by atoms with Crippen LogP contribution in [0.2, 0.25) is 0 Å². The van der Waals surface area contributed by atoms with Crippen LogP contribution in [-0.4, -0.2) is 73.7 Å². The summed E-state index contributed by atoms with van der Waals surface area (Å²) in [6, 6.07) is 8.23. The van der Waals surface area contributed by atoms with Crippen molar-refractivity contribution in [2.75, 3.05) is 32.8 Å². The second-order valence-corrected chi connectivity index (χ2v) is 8.78. The molecule has 5 rings (SSSR count). The molecule has 0 aliphatic carbocycles. The van der Waals surface area contributed by atoms with Gasteiger partial charge in [0.1, 0.15) is 5.01 Å². The highest BCUT2D eigenvalue weighted by Crippen LogP contribution is 2.36. The zero-order chi connectivity index (χ0) is 20.3. The van der Waals surface area contributed by atoms with Gasteiger partial charge in [-0.25, -0.2) is 9.67 Å². The van der Waals surface area contributed by atoms with Gasteiger partial charge in [0, 0.05) is 26.1 Å². The van der Waals surface area contributed by atoms with Crippen molar-refractivity contribution in [1.29, 1.82) is 0 Å². The van der Waals surface area contributed by atoms with Crippen molar-refractivity contribution in [1.82, 2.24) is 35.0 Å². The summed E-state index contributed by atoms with van der Waals surface area (Å²) in [5, 5.41) is 13.1. The number of fused-ring (bicyclic) bond motifs is 1. The first kappa shape index (κ1) is 19.5. The Bertz CT molecular complexity index is 980. The molecule has 2 saturated heterocycles. The summed E-state index contributed by atoms with van der Waals surface area (Å²) in [6.45, 7) is 5.20. The third-order valence-electron chi connectivity index (χ3n) is 5.78. The molecule has 4 heterocycles. The Balaban J connectivity index is 1.23. The quantitative estimate of drug-likeness (QED) is 0.593. The summed E-state index contributed by atoms with van der Waals surface area (Å²) in [5.41, 5.74) is 1.01. The number of rotatable bonds is 6. The normalized spacial score (nSPS) is 20.3. The van der Waals surface area contributed by atoms with Crippen molar-refractivity contribution in [3.8, 4) is 0 Å². The summed E-state index contributed by atoms with van der Waals surface area (Å²) in [6.07, 6.45) is 2.38. The predicted octanol–water partition coefficient (Wildman–Crippen LogP) is 1.87. The molecule has 1 atom stereocenters. The van der Waals surface area contributed by atoms with E-state index >= 15 is 0 Å². The minimum absolute atomic E-state index is 0.0802. The first-order valence-electron chi connectivity index (χ1n) is 10.5. The average Bonchev–Trinajstić information content (AvgIpc) is 3.51. The summed E-state index contributed by atoms with van der Waals surface area (Å²) < 4.78 is 8.33. The first-order chi connectivity index (χ1) is 14.8. The number of tetrazole rings is 1. The van der Waals surface area contributed by atoms with E-state index in [0.29, 0.717) is 19.5 Å². The lowest BCUT2D eigenvalue weighted by Gasteiger charge is -2.26. The SMILES string of the molecule is O=C(CCn1nnnc1CN1CCOCC1)N1CCCC1c1nc2ccccc2s1. The highest BCUT2D eigenvalue weighted by molar-refractivity contribution is 7.18. The molecule has 2 aromatic heterocycles. The zero-order valence-corrected chi connectivity index (χ0v) is 17.6. The molecule has 2 aliphatic heterocycles. The lowest BCUT2D eigenvalue weighted by atomic mass is 10.2. The Morgan fingerprint density at radius 1 is 1.20 bits per heavy atom. The molecule has 0 saturated carbocycles. The van der Waals surface area contributed by atoms with Crippen molar-refractivity contribution < 1.29 is 9.53 Å². The molecule has 0 N–H and O–H groups in total. The van der Waals surface area contributed by atoms with Crippen LogP contribution in [0.1, 0.15) is 36.1 Å². The number of ether oxygens (including phenoxy) is 1. The van der Waals surface area contributed by atoms with E-state index in [0.717, 1.165) is 62.0 Å². The monoisotopic (exact) mass is 427 g/mol. The van der Waals surface area contributed by atoms with Crippen molar-refractivity contribution >= 4 is 27.5 Å². The molecule has 158 valence electrons. The van der Waals surface area contributed by atoms with E-state index in [9.17, 15) is 4.79 Å². The van der Waals surface area contributed by atoms with Crippen LogP contribution in [0.25, 0.3) is 10.2 Å². The number of thiazole rings is 1. The third-order valence-corrected chi connectivity index (χ3v) is 6.92. The highest BCUT2D eigenvalue weighted by Gasteiger charge is 2.32. The van der Waals surface area contributed by atoms with E-state index < -0.39 is 0 Å². The molecular weight excluding hydrogens is 402 g/mol. The maximum absolute atomic E-state index is 13.0. The molecule has 1 aromatic carbocycles. The number of nitrogens with zero attached hydrogens (tertiary/aromatic N) is 7. The van der Waals surface area contributed by atoms with Crippen LogP contribution < -0.4 is 0 Å². The standard InChI is InChI=1S/C20H25N7O2S/c28-19(7-9-27-18(22-23-24-27)14-25-10-12-29-13-11-25)26-8-3-5-16(26)20-21-15-4-1-2-6-17(15)30-20/h1-2,4,6,16H,3,5,7-14H2. The van der Waals surface area contributed by atoms with Crippen molar-refractivity contribution in [3.05, 3.63) is 35.1 Å². The van der Waals surface area contributed by atoms with E-state index in [2.05, 4.69) is 26.5 Å². The minimum Gasteiger partial charge on any atom is -0.379 e. The fraction of sp³-hybridized carbons (Fsp3) is 0.550. The molecule has 0 bridgehead atoms. The van der Waals surface area contributed by atoms with Crippen molar-refractivity contribution in [3.63, 3.8) is 0 Å². The molecule has 2 fully saturated rings. The van der Waals surface area contributed by atoms with Gasteiger partial charge in [0.05, 0.1) is 42.6 Å². The van der Waals surface area contributed by atoms with E-state index in [-0.39, 0.29) is 11.9 Å². The van der Waals surface area contributed by atoms with Gasteiger partial charge in [-0.1, -0.05) is 12.1 Å². The maximum atomic E-state index is 13.0. The summed E-state index contributed by atoms with van der Waals surface area (Å²) in [4.78, 5) is 22.1. The lowest BCUT2D eigenvalue weighted by Crippen LogP contribution is -2.36. The Morgan fingerprint density at radius 3 is 2.93 bits per heavy atom. The Morgan fingerprint density at radius 2 is 2.07 bits per heavy atom. The van der Waals surface area contributed by atoms with E-state index in [1.165, 1.54) is 4.70 Å². The smallest absolute Gasteiger partial charge is 0.225 e. The molecule has 9 nitrogen and oxygen atoms in total. The highest BCUT2D eigenvalue weighted by atomic mass is 32.1. The second-order valence-electron chi connectivity index (χ2n) is 7.72. The fourth-order valence-electron chi connectivity index (χ4n) is 4.17. The molecular formula is C20H25N7O2S. The second kappa shape index (κ2) is 8.75. The van der Waals surface area contributed by atoms with Gasteiger partial charge in [-0.15, -0.1) is 16.4 Å². The van der Waals surface area contributed by atoms with Gasteiger partial charge in [0.2, 0.25) is 5.91 Å². The van der Waals surface area contributed by atoms with Gasteiger partial charge in [-0.2, -0.15) is 0 Å². The predicted molar refractivity (Wildman–Crippen MR) is 112 cm³/mol. The Labute approximate surface area is 178 Å². The number of aryl methyl sites for hydroxylation is 1. The van der Waals surface area contributed by atoms with Gasteiger partial charge in [0.15, 0.2) is 5.82 Å². The Kier molecular flexibility index (Phi) is 5.69. The molecule has 0 radical (unpaired) electrons. The van der Waals surface area contributed by atoms with Gasteiger partial charge >= 0.3 is 0 Å². The Hall–Kier alpha value is -2.43.